The van der Waals surface area contributed by atoms with Crippen LogP contribution in [0.1, 0.15) is 49.6 Å². The normalized spacial score (nSPS) is 15.2. The molecule has 8 nitrogen and oxygen atoms in total. The van der Waals surface area contributed by atoms with Gasteiger partial charge in [0.1, 0.15) is 17.3 Å². The van der Waals surface area contributed by atoms with Crippen LogP contribution in [0, 0.1) is 0 Å². The van der Waals surface area contributed by atoms with Crippen molar-refractivity contribution in [3.63, 3.8) is 0 Å². The number of imidazole rings is 1. The molecule has 5 rings (SSSR count). The predicted molar refractivity (Wildman–Crippen MR) is 147 cm³/mol. The molecule has 4 aromatic rings. The zero-order valence-corrected chi connectivity index (χ0v) is 22.0. The van der Waals surface area contributed by atoms with Crippen LogP contribution in [0.5, 0.6) is 0 Å². The first-order valence-electron chi connectivity index (χ1n) is 13.2. The van der Waals surface area contributed by atoms with Crippen LogP contribution in [0.25, 0.3) is 5.65 Å². The van der Waals surface area contributed by atoms with Crippen LogP contribution in [0.3, 0.4) is 0 Å². The number of aliphatic carboxylic acids is 1. The monoisotopic (exact) mass is 513 g/mol. The molecule has 0 aliphatic carbocycles. The van der Waals surface area contributed by atoms with Gasteiger partial charge in [0.2, 0.25) is 0 Å². The minimum Gasteiger partial charge on any atom is -0.481 e. The van der Waals surface area contributed by atoms with Crippen molar-refractivity contribution in [3.05, 3.63) is 95.8 Å². The minimum atomic E-state index is -1.07. The van der Waals surface area contributed by atoms with Gasteiger partial charge in [-0.3, -0.25) is 4.79 Å². The second-order valence-electron chi connectivity index (χ2n) is 10.4. The summed E-state index contributed by atoms with van der Waals surface area (Å²) in [6.45, 7) is 6.95. The van der Waals surface area contributed by atoms with E-state index in [1.165, 1.54) is 11.1 Å². The van der Waals surface area contributed by atoms with E-state index in [9.17, 15) is 9.90 Å². The molecular formula is C30H35N5O3. The molecule has 1 aliphatic rings. The van der Waals surface area contributed by atoms with Crippen LogP contribution in [-0.4, -0.2) is 62.9 Å². The molecule has 8 heteroatoms. The number of carboxylic acids is 1. The van der Waals surface area contributed by atoms with Crippen LogP contribution in [-0.2, 0) is 14.9 Å². The topological polar surface area (TPSA) is 92.0 Å². The summed E-state index contributed by atoms with van der Waals surface area (Å²) in [5.74, 6) is -0.176. The third-order valence-corrected chi connectivity index (χ3v) is 7.30. The number of ether oxygens (including phenoxy) is 1. The summed E-state index contributed by atoms with van der Waals surface area (Å²) in [5.41, 5.74) is 2.42. The number of hydrogen-bond acceptors (Lipinski definition) is 6. The summed E-state index contributed by atoms with van der Waals surface area (Å²) < 4.78 is 8.31. The molecular weight excluding hydrogens is 478 g/mol. The average Bonchev–Trinajstić information content (AvgIpc) is 3.38. The van der Waals surface area contributed by atoms with E-state index in [2.05, 4.69) is 68.8 Å². The van der Waals surface area contributed by atoms with Crippen LogP contribution in [0.2, 0.25) is 0 Å². The fourth-order valence-electron chi connectivity index (χ4n) is 4.80. The van der Waals surface area contributed by atoms with Crippen LogP contribution >= 0.6 is 0 Å². The van der Waals surface area contributed by atoms with E-state index in [0.29, 0.717) is 11.3 Å². The molecule has 1 saturated heterocycles. The molecule has 0 bridgehead atoms. The molecule has 2 aromatic carbocycles. The van der Waals surface area contributed by atoms with Gasteiger partial charge in [0.05, 0.1) is 18.0 Å². The second-order valence-corrected chi connectivity index (χ2v) is 10.4. The Kier molecular flexibility index (Phi) is 7.72. The number of carboxylic acid groups (broad SMARTS) is 1. The molecule has 0 saturated carbocycles. The molecule has 2 aromatic heterocycles. The number of carbonyl (C=O) groups is 1. The van der Waals surface area contributed by atoms with E-state index in [4.69, 9.17) is 4.74 Å². The number of nitrogens with one attached hydrogen (secondary N) is 1. The quantitative estimate of drug-likeness (QED) is 0.315. The molecule has 1 aliphatic heterocycles. The highest BCUT2D eigenvalue weighted by atomic mass is 16.5. The fraction of sp³-hybridized carbons (Fsp3) is 0.367. The predicted octanol–water partition coefficient (Wildman–Crippen LogP) is 4.77. The van der Waals surface area contributed by atoms with Crippen molar-refractivity contribution in [3.8, 4) is 0 Å². The lowest BCUT2D eigenvalue weighted by Crippen LogP contribution is -2.39. The van der Waals surface area contributed by atoms with Gasteiger partial charge < -0.3 is 20.1 Å². The number of fused-ring (bicyclic) bond motifs is 1. The number of nitrogens with zero attached hydrogens (tertiary/aromatic N) is 4. The van der Waals surface area contributed by atoms with Gasteiger partial charge >= 0.3 is 5.97 Å². The summed E-state index contributed by atoms with van der Waals surface area (Å²) in [6.07, 6.45) is 3.85. The Hall–Kier alpha value is -3.75. The lowest BCUT2D eigenvalue weighted by Gasteiger charge is -2.34. The highest BCUT2D eigenvalue weighted by Crippen LogP contribution is 2.30. The highest BCUT2D eigenvalue weighted by Gasteiger charge is 2.32. The van der Waals surface area contributed by atoms with E-state index in [0.717, 1.165) is 44.8 Å². The molecule has 0 radical (unpaired) electrons. The summed E-state index contributed by atoms with van der Waals surface area (Å²) >= 11 is 0. The Balaban J connectivity index is 1.12. The summed E-state index contributed by atoms with van der Waals surface area (Å²) in [4.78, 5) is 18.5. The van der Waals surface area contributed by atoms with Crippen molar-refractivity contribution in [1.29, 1.82) is 0 Å². The van der Waals surface area contributed by atoms with Gasteiger partial charge in [-0.2, -0.15) is 0 Å². The number of piperidine rings is 1. The third kappa shape index (κ3) is 5.87. The van der Waals surface area contributed by atoms with E-state index in [1.54, 1.807) is 24.6 Å². The Labute approximate surface area is 223 Å². The smallest absolute Gasteiger partial charge is 0.315 e. The van der Waals surface area contributed by atoms with Crippen molar-refractivity contribution < 1.29 is 14.6 Å². The Bertz CT molecular complexity index is 1310. The Morgan fingerprint density at radius 1 is 1.03 bits per heavy atom. The van der Waals surface area contributed by atoms with E-state index >= 15 is 0 Å². The molecule has 0 atom stereocenters. The molecule has 0 amide bonds. The molecule has 1 fully saturated rings. The standard InChI is InChI=1S/C30H35N5O3/c1-30(2,29(36)37)25-21-35-27(32-25)14-13-26(33-35)31-17-20-34-18-15-24(16-19-34)38-28(22-9-5-3-6-10-22)23-11-7-4-8-12-23/h3-14,21,24,28H,15-20H2,1-2H3,(H,31,33)(H,36,37). The molecule has 38 heavy (non-hydrogen) atoms. The van der Waals surface area contributed by atoms with Crippen LogP contribution in [0.15, 0.2) is 79.0 Å². The van der Waals surface area contributed by atoms with E-state index in [1.807, 2.05) is 24.3 Å². The number of likely N-dealkylation sites (tertiary alicyclic amines) is 1. The maximum Gasteiger partial charge on any atom is 0.315 e. The lowest BCUT2D eigenvalue weighted by molar-refractivity contribution is -0.142. The maximum absolute atomic E-state index is 11.6. The van der Waals surface area contributed by atoms with Crippen molar-refractivity contribution in [2.24, 2.45) is 0 Å². The molecule has 2 N–H and O–H groups in total. The van der Waals surface area contributed by atoms with Crippen molar-refractivity contribution in [2.45, 2.75) is 44.3 Å². The van der Waals surface area contributed by atoms with Gasteiger partial charge in [0.15, 0.2) is 5.65 Å². The summed E-state index contributed by atoms with van der Waals surface area (Å²) in [6, 6.07) is 24.7. The second kappa shape index (κ2) is 11.3. The Morgan fingerprint density at radius 2 is 1.66 bits per heavy atom. The molecule has 3 heterocycles. The van der Waals surface area contributed by atoms with Gasteiger partial charge in [0, 0.05) is 26.2 Å². The number of hydrogen-bond donors (Lipinski definition) is 2. The lowest BCUT2D eigenvalue weighted by atomic mass is 9.90. The number of benzene rings is 2. The van der Waals surface area contributed by atoms with Crippen molar-refractivity contribution >= 4 is 17.4 Å². The summed E-state index contributed by atoms with van der Waals surface area (Å²) in [5, 5.41) is 17.4. The van der Waals surface area contributed by atoms with Gasteiger partial charge in [-0.25, -0.2) is 9.50 Å². The van der Waals surface area contributed by atoms with Crippen LogP contribution < -0.4 is 5.32 Å². The van der Waals surface area contributed by atoms with Gasteiger partial charge in [-0.15, -0.1) is 5.10 Å². The fourth-order valence-corrected chi connectivity index (χ4v) is 4.80. The number of anilines is 1. The largest absolute Gasteiger partial charge is 0.481 e. The zero-order valence-electron chi connectivity index (χ0n) is 22.0. The number of rotatable bonds is 10. The Morgan fingerprint density at radius 3 is 2.26 bits per heavy atom. The zero-order chi connectivity index (χ0) is 26.5. The molecule has 0 unspecified atom stereocenters. The van der Waals surface area contributed by atoms with Crippen molar-refractivity contribution in [1.82, 2.24) is 19.5 Å². The van der Waals surface area contributed by atoms with Gasteiger partial charge in [-0.1, -0.05) is 60.7 Å². The number of aromatic nitrogens is 3. The van der Waals surface area contributed by atoms with Crippen LogP contribution in [0.4, 0.5) is 5.82 Å². The molecule has 198 valence electrons. The third-order valence-electron chi connectivity index (χ3n) is 7.30. The van der Waals surface area contributed by atoms with Crippen molar-refractivity contribution in [2.75, 3.05) is 31.5 Å². The molecule has 0 spiro atoms. The highest BCUT2D eigenvalue weighted by molar-refractivity contribution is 5.79. The van der Waals surface area contributed by atoms with E-state index < -0.39 is 11.4 Å². The maximum atomic E-state index is 11.6. The van der Waals surface area contributed by atoms with E-state index in [-0.39, 0.29) is 12.2 Å². The minimum absolute atomic E-state index is 0.0543. The summed E-state index contributed by atoms with van der Waals surface area (Å²) in [7, 11) is 0. The first-order chi connectivity index (χ1) is 18.4. The van der Waals surface area contributed by atoms with Gasteiger partial charge in [-0.05, 0) is 49.9 Å². The SMILES string of the molecule is CC(C)(C(=O)O)c1cn2nc(NCCN3CCC(OC(c4ccccc4)c4ccccc4)CC3)ccc2n1. The average molecular weight is 514 g/mol. The first-order valence-corrected chi connectivity index (χ1v) is 13.2. The first kappa shape index (κ1) is 25.9. The van der Waals surface area contributed by atoms with Gasteiger partial charge in [0.25, 0.3) is 0 Å².